The van der Waals surface area contributed by atoms with E-state index in [1.54, 1.807) is 13.0 Å². The number of methoxy groups -OCH3 is 1. The van der Waals surface area contributed by atoms with E-state index in [1.807, 2.05) is 12.2 Å². The van der Waals surface area contributed by atoms with Crippen molar-refractivity contribution in [1.29, 1.82) is 0 Å². The molecule has 2 bridgehead atoms. The van der Waals surface area contributed by atoms with E-state index in [0.29, 0.717) is 10.6 Å². The second kappa shape index (κ2) is 8.10. The van der Waals surface area contributed by atoms with Crippen LogP contribution in [-0.2, 0) is 19.1 Å². The average molecular weight is 433 g/mol. The molecular formula is C21H21ClN2O6. The van der Waals surface area contributed by atoms with Crippen molar-refractivity contribution in [3.05, 3.63) is 34.9 Å². The molecule has 8 nitrogen and oxygen atoms in total. The van der Waals surface area contributed by atoms with Gasteiger partial charge in [0, 0.05) is 16.7 Å². The van der Waals surface area contributed by atoms with Gasteiger partial charge in [-0.15, -0.1) is 0 Å². The number of rotatable bonds is 7. The summed E-state index contributed by atoms with van der Waals surface area (Å²) >= 11 is 6.15. The number of fused-ring (bicyclic) bond motifs is 5. The highest BCUT2D eigenvalue weighted by atomic mass is 35.5. The van der Waals surface area contributed by atoms with E-state index in [0.717, 1.165) is 11.4 Å². The fraction of sp³-hybridized carbons (Fsp3) is 0.429. The first kappa shape index (κ1) is 20.4. The van der Waals surface area contributed by atoms with Crippen LogP contribution in [0.1, 0.15) is 18.9 Å². The lowest BCUT2D eigenvalue weighted by molar-refractivity contribution is -0.145. The van der Waals surface area contributed by atoms with Crippen LogP contribution >= 0.6 is 11.6 Å². The molecule has 9 heteroatoms. The zero-order chi connectivity index (χ0) is 21.4. The van der Waals surface area contributed by atoms with E-state index < -0.39 is 5.97 Å². The van der Waals surface area contributed by atoms with Crippen LogP contribution in [0, 0.1) is 23.7 Å². The van der Waals surface area contributed by atoms with Crippen molar-refractivity contribution in [2.75, 3.05) is 20.3 Å². The van der Waals surface area contributed by atoms with Gasteiger partial charge in [0.25, 0.3) is 11.8 Å². The smallest absolute Gasteiger partial charge is 0.344 e. The lowest BCUT2D eigenvalue weighted by Crippen LogP contribution is -2.28. The quantitative estimate of drug-likeness (QED) is 0.284. The molecule has 1 aromatic carbocycles. The summed E-state index contributed by atoms with van der Waals surface area (Å²) in [6.45, 7) is 1.58. The Morgan fingerprint density at radius 3 is 2.50 bits per heavy atom. The number of ether oxygens (including phenoxy) is 3. The van der Waals surface area contributed by atoms with Gasteiger partial charge in [-0.1, -0.05) is 23.8 Å². The van der Waals surface area contributed by atoms with Gasteiger partial charge < -0.3 is 14.2 Å². The van der Waals surface area contributed by atoms with Gasteiger partial charge in [0.2, 0.25) is 0 Å². The van der Waals surface area contributed by atoms with Crippen LogP contribution in [-0.4, -0.2) is 49.3 Å². The normalized spacial score (nSPS) is 26.6. The molecule has 30 heavy (non-hydrogen) atoms. The second-order valence-electron chi connectivity index (χ2n) is 7.35. The van der Waals surface area contributed by atoms with E-state index in [1.165, 1.54) is 19.4 Å². The van der Waals surface area contributed by atoms with E-state index in [4.69, 9.17) is 25.8 Å². The number of imide groups is 1. The topological polar surface area (TPSA) is 94.5 Å². The molecule has 4 rings (SSSR count). The van der Waals surface area contributed by atoms with Gasteiger partial charge in [0.05, 0.1) is 31.8 Å². The number of hydrazone groups is 1. The maximum atomic E-state index is 12.8. The molecule has 2 amide bonds. The second-order valence-corrected chi connectivity index (χ2v) is 7.79. The average Bonchev–Trinajstić information content (AvgIpc) is 3.40. The number of esters is 1. The lowest BCUT2D eigenvalue weighted by Gasteiger charge is -2.14. The summed E-state index contributed by atoms with van der Waals surface area (Å²) in [6, 6.07) is 3.07. The van der Waals surface area contributed by atoms with Crippen LogP contribution in [0.4, 0.5) is 0 Å². The van der Waals surface area contributed by atoms with E-state index in [9.17, 15) is 14.4 Å². The summed E-state index contributed by atoms with van der Waals surface area (Å²) < 4.78 is 15.7. The molecule has 158 valence electrons. The van der Waals surface area contributed by atoms with Gasteiger partial charge in [-0.05, 0) is 31.2 Å². The minimum absolute atomic E-state index is 0.103. The van der Waals surface area contributed by atoms with Crippen molar-refractivity contribution < 1.29 is 28.6 Å². The van der Waals surface area contributed by atoms with Crippen LogP contribution in [0.15, 0.2) is 29.4 Å². The zero-order valence-corrected chi connectivity index (χ0v) is 17.3. The molecule has 0 spiro atoms. The predicted octanol–water partition coefficient (Wildman–Crippen LogP) is 2.43. The van der Waals surface area contributed by atoms with Crippen molar-refractivity contribution in [3.63, 3.8) is 0 Å². The Kier molecular flexibility index (Phi) is 5.51. The number of amides is 2. The number of carbonyl (C=O) groups is 3. The fourth-order valence-electron chi connectivity index (χ4n) is 4.44. The summed E-state index contributed by atoms with van der Waals surface area (Å²) in [5, 5.41) is 5.42. The van der Waals surface area contributed by atoms with Gasteiger partial charge in [0.1, 0.15) is 0 Å². The Morgan fingerprint density at radius 1 is 1.23 bits per heavy atom. The molecule has 3 aliphatic rings. The number of hydrogen-bond acceptors (Lipinski definition) is 7. The Bertz CT molecular complexity index is 929. The highest BCUT2D eigenvalue weighted by Gasteiger charge is 2.59. The molecule has 2 fully saturated rings. The van der Waals surface area contributed by atoms with Crippen molar-refractivity contribution in [2.45, 2.75) is 13.3 Å². The third kappa shape index (κ3) is 3.45. The first-order chi connectivity index (χ1) is 14.4. The van der Waals surface area contributed by atoms with Gasteiger partial charge >= 0.3 is 5.97 Å². The molecule has 2 aliphatic carbocycles. The van der Waals surface area contributed by atoms with E-state index >= 15 is 0 Å². The first-order valence-corrected chi connectivity index (χ1v) is 10.1. The highest BCUT2D eigenvalue weighted by Crippen LogP contribution is 2.52. The van der Waals surface area contributed by atoms with Crippen molar-refractivity contribution in [1.82, 2.24) is 5.01 Å². The van der Waals surface area contributed by atoms with Crippen molar-refractivity contribution in [2.24, 2.45) is 28.8 Å². The summed E-state index contributed by atoms with van der Waals surface area (Å²) in [5.41, 5.74) is 0.363. The molecule has 1 saturated carbocycles. The minimum Gasteiger partial charge on any atom is -0.493 e. The number of halogens is 1. The Morgan fingerprint density at radius 2 is 1.90 bits per heavy atom. The molecule has 1 saturated heterocycles. The lowest BCUT2D eigenvalue weighted by atomic mass is 9.85. The highest BCUT2D eigenvalue weighted by molar-refractivity contribution is 6.31. The minimum atomic E-state index is -0.543. The third-order valence-electron chi connectivity index (χ3n) is 5.67. The van der Waals surface area contributed by atoms with E-state index in [2.05, 4.69) is 5.10 Å². The van der Waals surface area contributed by atoms with Crippen LogP contribution in [0.5, 0.6) is 11.5 Å². The Hall–Kier alpha value is -2.87. The number of allylic oxidation sites excluding steroid dienone is 2. The number of benzene rings is 1. The molecule has 1 aromatic rings. The molecule has 0 aromatic heterocycles. The summed E-state index contributed by atoms with van der Waals surface area (Å²) in [7, 11) is 1.43. The summed E-state index contributed by atoms with van der Waals surface area (Å²) in [5.74, 6) is -1.10. The zero-order valence-electron chi connectivity index (χ0n) is 16.5. The summed E-state index contributed by atoms with van der Waals surface area (Å²) in [4.78, 5) is 37.2. The maximum Gasteiger partial charge on any atom is 0.344 e. The Balaban J connectivity index is 1.58. The molecule has 1 heterocycles. The molecule has 0 N–H and O–H groups in total. The van der Waals surface area contributed by atoms with Crippen LogP contribution in [0.3, 0.4) is 0 Å². The van der Waals surface area contributed by atoms with Gasteiger partial charge in [-0.25, -0.2) is 4.79 Å². The molecule has 4 unspecified atom stereocenters. The molecule has 1 aliphatic heterocycles. The van der Waals surface area contributed by atoms with Gasteiger partial charge in [-0.3, -0.25) is 9.59 Å². The number of hydrogen-bond donors (Lipinski definition) is 0. The van der Waals surface area contributed by atoms with Gasteiger partial charge in [0.15, 0.2) is 18.1 Å². The van der Waals surface area contributed by atoms with Crippen molar-refractivity contribution >= 4 is 35.6 Å². The first-order valence-electron chi connectivity index (χ1n) is 9.70. The third-order valence-corrected chi connectivity index (χ3v) is 5.89. The number of nitrogens with zero attached hydrogens (tertiary/aromatic N) is 2. The molecule has 0 radical (unpaired) electrons. The summed E-state index contributed by atoms with van der Waals surface area (Å²) in [6.07, 6.45) is 6.21. The largest absolute Gasteiger partial charge is 0.493 e. The molecule has 4 atom stereocenters. The molecular weight excluding hydrogens is 412 g/mol. The Labute approximate surface area is 178 Å². The predicted molar refractivity (Wildman–Crippen MR) is 107 cm³/mol. The van der Waals surface area contributed by atoms with Gasteiger partial charge in [-0.2, -0.15) is 10.1 Å². The van der Waals surface area contributed by atoms with E-state index in [-0.39, 0.29) is 60.2 Å². The fourth-order valence-corrected chi connectivity index (χ4v) is 4.66. The van der Waals surface area contributed by atoms with Crippen LogP contribution < -0.4 is 9.47 Å². The standard InChI is InChI=1S/C21H21ClN2O6/c1-3-29-16(25)10-30-19-13(7-14(22)8-15(19)28-2)9-23-24-20(26)17-11-4-5-12(6-11)18(17)21(24)27/h4-5,7-9,11-12,17-18H,3,6,10H2,1-2H3. The maximum absolute atomic E-state index is 12.8. The SMILES string of the molecule is CCOC(=O)COc1c(C=NN2C(=O)C3C4C=CC(C4)C3C2=O)cc(Cl)cc1OC. The van der Waals surface area contributed by atoms with Crippen molar-refractivity contribution in [3.8, 4) is 11.5 Å². The van der Waals surface area contributed by atoms with Crippen LogP contribution in [0.2, 0.25) is 5.02 Å². The monoisotopic (exact) mass is 432 g/mol. The number of carbonyl (C=O) groups excluding carboxylic acids is 3. The van der Waals surface area contributed by atoms with Crippen LogP contribution in [0.25, 0.3) is 0 Å².